The van der Waals surface area contributed by atoms with Crippen LogP contribution in [0.5, 0.6) is 11.5 Å². The number of carbonyl (C=O) groups is 1. The summed E-state index contributed by atoms with van der Waals surface area (Å²) in [6.07, 6.45) is 4.15. The number of aromatic amines is 1. The molecule has 0 saturated carbocycles. The van der Waals surface area contributed by atoms with E-state index in [1.165, 1.54) is 6.07 Å². The van der Waals surface area contributed by atoms with Crippen molar-refractivity contribution in [3.63, 3.8) is 0 Å². The fourth-order valence-electron chi connectivity index (χ4n) is 7.61. The van der Waals surface area contributed by atoms with Gasteiger partial charge in [0.05, 0.1) is 41.3 Å². The van der Waals surface area contributed by atoms with Crippen LogP contribution in [0.3, 0.4) is 0 Å². The molecule has 6 aromatic rings. The number of nitrogens with one attached hydrogen (secondary N) is 2. The van der Waals surface area contributed by atoms with Crippen LogP contribution in [0, 0.1) is 19.7 Å². The molecule has 1 amide bonds. The van der Waals surface area contributed by atoms with Gasteiger partial charge in [-0.05, 0) is 92.4 Å². The zero-order valence-electron chi connectivity index (χ0n) is 29.6. The van der Waals surface area contributed by atoms with Crippen molar-refractivity contribution in [1.29, 1.82) is 0 Å². The van der Waals surface area contributed by atoms with Crippen molar-refractivity contribution in [3.8, 4) is 11.5 Å². The van der Waals surface area contributed by atoms with Gasteiger partial charge in [0.2, 0.25) is 0 Å². The second-order valence-corrected chi connectivity index (χ2v) is 14.7. The Hall–Kier alpha value is -5.23. The molecule has 2 aromatic heterocycles. The average molecular weight is 733 g/mol. The second-order valence-electron chi connectivity index (χ2n) is 14.2. The van der Waals surface area contributed by atoms with Gasteiger partial charge in [-0.2, -0.15) is 5.10 Å². The predicted molar refractivity (Wildman–Crippen MR) is 202 cm³/mol. The first kappa shape index (κ1) is 33.6. The Kier molecular flexibility index (Phi) is 8.25. The molecule has 2 unspecified atom stereocenters. The molecule has 3 aliphatic rings. The van der Waals surface area contributed by atoms with E-state index < -0.39 is 11.6 Å². The summed E-state index contributed by atoms with van der Waals surface area (Å²) >= 11 is 6.01. The number of hydrogen-bond acceptors (Lipinski definition) is 7. The van der Waals surface area contributed by atoms with Gasteiger partial charge in [0.25, 0.3) is 11.7 Å². The number of H-pyrrole nitrogens is 1. The van der Waals surface area contributed by atoms with Crippen molar-refractivity contribution in [2.75, 3.05) is 25.0 Å². The third-order valence-corrected chi connectivity index (χ3v) is 10.8. The van der Waals surface area contributed by atoms with Gasteiger partial charge < -0.3 is 24.1 Å². The standard InChI is InChI=1S/C41H38ClFN6O4/c1-23-17-28(20-31-24(2)46-47-38(23)31)44-40(50)26-7-10-35-34(18-26)45-37(49(35)21-29-13-16-51-29)22-48-14-11-25(12-15-48)30-5-4-6-36-39(30)53-41(3,52-36)32-9-8-27(42)19-33(32)43/h4-11,17-20,29H,12-16,21-22H2,1-3H3,(H,44,50)(H,46,47). The van der Waals surface area contributed by atoms with E-state index in [-0.39, 0.29) is 17.6 Å². The highest BCUT2D eigenvalue weighted by Gasteiger charge is 2.42. The topological polar surface area (TPSA) is 107 Å². The minimum Gasteiger partial charge on any atom is -0.444 e. The van der Waals surface area contributed by atoms with E-state index in [2.05, 4.69) is 31.1 Å². The molecule has 270 valence electrons. The number of hydrogen-bond donors (Lipinski definition) is 2. The molecular formula is C41H38ClFN6O4. The molecule has 0 bridgehead atoms. The lowest BCUT2D eigenvalue weighted by atomic mass is 9.98. The van der Waals surface area contributed by atoms with Crippen LogP contribution >= 0.6 is 11.6 Å². The Morgan fingerprint density at radius 1 is 1.11 bits per heavy atom. The molecule has 0 radical (unpaired) electrons. The smallest absolute Gasteiger partial charge is 0.278 e. The summed E-state index contributed by atoms with van der Waals surface area (Å²) in [7, 11) is 0. The quantitative estimate of drug-likeness (QED) is 0.162. The molecule has 1 saturated heterocycles. The fourth-order valence-corrected chi connectivity index (χ4v) is 7.77. The lowest BCUT2D eigenvalue weighted by Crippen LogP contribution is -2.33. The SMILES string of the molecule is Cc1[nH]nc2c(C)cc(NC(=O)c3ccc4c(c3)nc(CN3CC=C(c5cccc6c5OC(C)(c5ccc(Cl)cc5F)O6)CC3)n4CC3CCO3)cc12. The maximum atomic E-state index is 14.9. The molecule has 53 heavy (non-hydrogen) atoms. The number of carbonyl (C=O) groups excluding carboxylic acids is 1. The first-order valence-electron chi connectivity index (χ1n) is 17.9. The normalized spacial score (nSPS) is 19.8. The van der Waals surface area contributed by atoms with Crippen molar-refractivity contribution in [2.45, 2.75) is 58.6 Å². The summed E-state index contributed by atoms with van der Waals surface area (Å²) in [5, 5.41) is 11.8. The van der Waals surface area contributed by atoms with E-state index in [4.69, 9.17) is 30.8 Å². The van der Waals surface area contributed by atoms with Crippen molar-refractivity contribution >= 4 is 50.7 Å². The van der Waals surface area contributed by atoms with Gasteiger partial charge in [-0.1, -0.05) is 29.8 Å². The van der Waals surface area contributed by atoms with Crippen LogP contribution in [0.25, 0.3) is 27.5 Å². The first-order chi connectivity index (χ1) is 25.6. The molecule has 10 nitrogen and oxygen atoms in total. The summed E-state index contributed by atoms with van der Waals surface area (Å²) < 4.78 is 35.6. The lowest BCUT2D eigenvalue weighted by Gasteiger charge is -2.29. The highest BCUT2D eigenvalue weighted by molar-refractivity contribution is 6.30. The molecule has 3 aliphatic heterocycles. The Bertz CT molecular complexity index is 2470. The average Bonchev–Trinajstić information content (AvgIpc) is 3.78. The maximum Gasteiger partial charge on any atom is 0.278 e. The minimum absolute atomic E-state index is 0.140. The molecule has 5 heterocycles. The molecule has 0 aliphatic carbocycles. The first-order valence-corrected chi connectivity index (χ1v) is 18.3. The monoisotopic (exact) mass is 732 g/mol. The fraction of sp³-hybridized carbons (Fsp3) is 0.293. The number of benzene rings is 4. The van der Waals surface area contributed by atoms with Crippen molar-refractivity contribution < 1.29 is 23.4 Å². The van der Waals surface area contributed by atoms with Crippen LogP contribution < -0.4 is 14.8 Å². The van der Waals surface area contributed by atoms with Crippen LogP contribution in [-0.2, 0) is 23.6 Å². The highest BCUT2D eigenvalue weighted by Crippen LogP contribution is 2.49. The number of para-hydroxylation sites is 1. The van der Waals surface area contributed by atoms with E-state index in [9.17, 15) is 9.18 Å². The molecule has 2 N–H and O–H groups in total. The number of fused-ring (bicyclic) bond motifs is 3. The Morgan fingerprint density at radius 3 is 2.75 bits per heavy atom. The summed E-state index contributed by atoms with van der Waals surface area (Å²) in [5.41, 5.74) is 8.23. The molecule has 1 fully saturated rings. The van der Waals surface area contributed by atoms with Crippen molar-refractivity contribution in [3.05, 3.63) is 117 Å². The zero-order chi connectivity index (χ0) is 36.4. The Morgan fingerprint density at radius 2 is 1.98 bits per heavy atom. The van der Waals surface area contributed by atoms with E-state index in [1.54, 1.807) is 19.1 Å². The number of ether oxygens (including phenoxy) is 3. The van der Waals surface area contributed by atoms with Gasteiger partial charge in [0.1, 0.15) is 11.6 Å². The largest absolute Gasteiger partial charge is 0.444 e. The number of halogens is 2. The van der Waals surface area contributed by atoms with Gasteiger partial charge in [-0.3, -0.25) is 14.8 Å². The van der Waals surface area contributed by atoms with E-state index in [1.807, 2.05) is 62.4 Å². The van der Waals surface area contributed by atoms with Crippen LogP contribution in [0.15, 0.2) is 72.8 Å². The minimum atomic E-state index is -1.31. The van der Waals surface area contributed by atoms with Gasteiger partial charge >= 0.3 is 0 Å². The number of aromatic nitrogens is 4. The molecule has 12 heteroatoms. The van der Waals surface area contributed by atoms with Crippen LogP contribution in [0.2, 0.25) is 5.02 Å². The number of rotatable bonds is 8. The Labute approximate surface area is 310 Å². The Balaban J connectivity index is 0.941. The highest BCUT2D eigenvalue weighted by atomic mass is 35.5. The number of nitrogens with zero attached hydrogens (tertiary/aromatic N) is 4. The van der Waals surface area contributed by atoms with E-state index in [0.717, 1.165) is 81.8 Å². The van der Waals surface area contributed by atoms with Gasteiger partial charge in [-0.25, -0.2) is 9.37 Å². The maximum absolute atomic E-state index is 14.9. The zero-order valence-corrected chi connectivity index (χ0v) is 30.4. The van der Waals surface area contributed by atoms with Crippen LogP contribution in [0.1, 0.15) is 58.3 Å². The van der Waals surface area contributed by atoms with Gasteiger partial charge in [0, 0.05) is 59.5 Å². The summed E-state index contributed by atoms with van der Waals surface area (Å²) in [6.45, 7) is 9.30. The van der Waals surface area contributed by atoms with Crippen LogP contribution in [-0.4, -0.2) is 56.4 Å². The molecule has 4 aromatic carbocycles. The van der Waals surface area contributed by atoms with Crippen LogP contribution in [0.4, 0.5) is 10.1 Å². The number of imidazole rings is 1. The summed E-state index contributed by atoms with van der Waals surface area (Å²) in [5.74, 6) is 0.124. The summed E-state index contributed by atoms with van der Waals surface area (Å²) in [4.78, 5) is 20.9. The number of anilines is 1. The number of amides is 1. The van der Waals surface area contributed by atoms with Crippen molar-refractivity contribution in [2.24, 2.45) is 0 Å². The number of aryl methyl sites for hydroxylation is 2. The van der Waals surface area contributed by atoms with Crippen molar-refractivity contribution in [1.82, 2.24) is 24.6 Å². The van der Waals surface area contributed by atoms with Gasteiger partial charge in [0.15, 0.2) is 11.5 Å². The van der Waals surface area contributed by atoms with E-state index >= 15 is 0 Å². The molecular weight excluding hydrogens is 695 g/mol. The van der Waals surface area contributed by atoms with Gasteiger partial charge in [-0.15, -0.1) is 0 Å². The lowest BCUT2D eigenvalue weighted by molar-refractivity contribution is -0.0708. The predicted octanol–water partition coefficient (Wildman–Crippen LogP) is 8.30. The molecule has 0 spiro atoms. The third kappa shape index (κ3) is 6.12. The molecule has 9 rings (SSSR count). The third-order valence-electron chi connectivity index (χ3n) is 10.6. The van der Waals surface area contributed by atoms with E-state index in [0.29, 0.717) is 41.7 Å². The summed E-state index contributed by atoms with van der Waals surface area (Å²) in [6, 6.07) is 19.9. The molecule has 2 atom stereocenters. The second kappa shape index (κ2) is 13.0.